The second-order valence-corrected chi connectivity index (χ2v) is 5.42. The summed E-state index contributed by atoms with van der Waals surface area (Å²) in [7, 11) is 0. The van der Waals surface area contributed by atoms with Crippen LogP contribution in [0.3, 0.4) is 0 Å². The van der Waals surface area contributed by atoms with Crippen molar-refractivity contribution in [3.63, 3.8) is 0 Å². The van der Waals surface area contributed by atoms with Crippen LogP contribution in [-0.2, 0) is 9.59 Å². The maximum Gasteiger partial charge on any atom is 0.349 e. The second-order valence-electron chi connectivity index (χ2n) is 4.51. The van der Waals surface area contributed by atoms with Gasteiger partial charge in [0, 0.05) is 9.86 Å². The Balaban J connectivity index is 2.35. The topological polar surface area (TPSA) is 114 Å². The molecule has 1 heterocycles. The van der Waals surface area contributed by atoms with Gasteiger partial charge in [0.2, 0.25) is 5.91 Å². The zero-order chi connectivity index (χ0) is 16.4. The number of nitrogens with one attached hydrogen (secondary N) is 1. The third kappa shape index (κ3) is 3.22. The van der Waals surface area contributed by atoms with Gasteiger partial charge in [-0.2, -0.15) is 0 Å². The fourth-order valence-corrected chi connectivity index (χ4v) is 2.03. The third-order valence-electron chi connectivity index (χ3n) is 2.94. The molecule has 0 aliphatic rings. The van der Waals surface area contributed by atoms with E-state index in [1.807, 2.05) is 5.32 Å². The van der Waals surface area contributed by atoms with Crippen LogP contribution < -0.4 is 10.9 Å². The van der Waals surface area contributed by atoms with E-state index in [2.05, 4.69) is 15.9 Å². The fraction of sp³-hybridized carbons (Fsp3) is 0.143. The van der Waals surface area contributed by atoms with Crippen LogP contribution in [0.4, 0.5) is 0 Å². The molecule has 0 radical (unpaired) electrons. The lowest BCUT2D eigenvalue weighted by molar-refractivity contribution is -0.145. The van der Waals surface area contributed by atoms with Gasteiger partial charge in [-0.05, 0) is 31.2 Å². The van der Waals surface area contributed by atoms with Crippen LogP contribution >= 0.6 is 15.9 Å². The number of rotatable bonds is 3. The highest BCUT2D eigenvalue weighted by atomic mass is 79.9. The predicted octanol–water partition coefficient (Wildman–Crippen LogP) is 1.53. The molecule has 1 unspecified atom stereocenters. The van der Waals surface area contributed by atoms with Crippen LogP contribution in [-0.4, -0.2) is 22.9 Å². The number of amides is 2. The average molecular weight is 368 g/mol. The monoisotopic (exact) mass is 367 g/mol. The first-order chi connectivity index (χ1) is 10.3. The molecule has 114 valence electrons. The van der Waals surface area contributed by atoms with E-state index in [9.17, 15) is 19.2 Å². The average Bonchev–Trinajstić information content (AvgIpc) is 2.45. The van der Waals surface area contributed by atoms with Crippen molar-refractivity contribution < 1.29 is 23.9 Å². The second kappa shape index (κ2) is 6.10. The molecule has 7 nitrogen and oxygen atoms in total. The molecule has 0 saturated heterocycles. The molecule has 0 aliphatic carbocycles. The Morgan fingerprint density at radius 1 is 1.27 bits per heavy atom. The smallest absolute Gasteiger partial charge is 0.349 e. The van der Waals surface area contributed by atoms with E-state index in [1.54, 1.807) is 18.2 Å². The lowest BCUT2D eigenvalue weighted by Gasteiger charge is -2.07. The Labute approximate surface area is 132 Å². The lowest BCUT2D eigenvalue weighted by atomic mass is 10.1. The molecule has 2 rings (SSSR count). The maximum atomic E-state index is 11.9. The normalized spacial score (nSPS) is 11.9. The Kier molecular flexibility index (Phi) is 4.41. The standard InChI is InChI=1S/C14H10BrNO6/c1-6(13(19)20)11(17)16-12(18)9-5-7-4-8(15)2-3-10(7)22-14(9)21/h2-6H,1H3,(H,19,20)(H,16,17,18). The Morgan fingerprint density at radius 3 is 2.59 bits per heavy atom. The molecule has 2 amide bonds. The molecular formula is C14H10BrNO6. The molecule has 8 heteroatoms. The minimum Gasteiger partial charge on any atom is -0.481 e. The van der Waals surface area contributed by atoms with Gasteiger partial charge in [0.1, 0.15) is 17.1 Å². The number of fused-ring (bicyclic) bond motifs is 1. The summed E-state index contributed by atoms with van der Waals surface area (Å²) in [6, 6.07) is 6.14. The minimum atomic E-state index is -1.41. The number of hydrogen-bond donors (Lipinski definition) is 2. The summed E-state index contributed by atoms with van der Waals surface area (Å²) in [5.74, 6) is -4.80. The predicted molar refractivity (Wildman–Crippen MR) is 79.5 cm³/mol. The highest BCUT2D eigenvalue weighted by Gasteiger charge is 2.24. The summed E-state index contributed by atoms with van der Waals surface area (Å²) in [5.41, 5.74) is -1.00. The number of hydrogen-bond acceptors (Lipinski definition) is 5. The van der Waals surface area contributed by atoms with Gasteiger partial charge in [-0.3, -0.25) is 19.7 Å². The van der Waals surface area contributed by atoms with Gasteiger partial charge in [-0.15, -0.1) is 0 Å². The molecular weight excluding hydrogens is 358 g/mol. The number of carbonyl (C=O) groups is 3. The van der Waals surface area contributed by atoms with Crippen molar-refractivity contribution >= 4 is 44.7 Å². The number of carboxylic acid groups (broad SMARTS) is 1. The van der Waals surface area contributed by atoms with E-state index in [0.29, 0.717) is 5.39 Å². The van der Waals surface area contributed by atoms with Gasteiger partial charge in [0.15, 0.2) is 0 Å². The highest BCUT2D eigenvalue weighted by molar-refractivity contribution is 9.10. The third-order valence-corrected chi connectivity index (χ3v) is 3.43. The molecule has 2 N–H and O–H groups in total. The molecule has 1 aromatic heterocycles. The van der Waals surface area contributed by atoms with Gasteiger partial charge in [-0.1, -0.05) is 15.9 Å². The summed E-state index contributed by atoms with van der Waals surface area (Å²) in [6.07, 6.45) is 0. The van der Waals surface area contributed by atoms with Crippen LogP contribution in [0.1, 0.15) is 17.3 Å². The van der Waals surface area contributed by atoms with E-state index in [4.69, 9.17) is 9.52 Å². The number of imide groups is 1. The zero-order valence-corrected chi connectivity index (χ0v) is 12.8. The molecule has 0 aliphatic heterocycles. The van der Waals surface area contributed by atoms with Gasteiger partial charge >= 0.3 is 11.6 Å². The van der Waals surface area contributed by atoms with Gasteiger partial charge in [0.05, 0.1) is 0 Å². The van der Waals surface area contributed by atoms with E-state index in [-0.39, 0.29) is 11.1 Å². The SMILES string of the molecule is CC(C(=O)O)C(=O)NC(=O)c1cc2cc(Br)ccc2oc1=O. The van der Waals surface area contributed by atoms with Crippen molar-refractivity contribution in [2.24, 2.45) is 5.92 Å². The first kappa shape index (κ1) is 15.9. The first-order valence-electron chi connectivity index (χ1n) is 6.11. The number of halogens is 1. The van der Waals surface area contributed by atoms with Crippen molar-refractivity contribution in [2.75, 3.05) is 0 Å². The summed E-state index contributed by atoms with van der Waals surface area (Å²) in [5, 5.41) is 11.1. The largest absolute Gasteiger partial charge is 0.481 e. The maximum absolute atomic E-state index is 11.9. The quantitative estimate of drug-likeness (QED) is 0.628. The van der Waals surface area contributed by atoms with Crippen LogP contribution in [0, 0.1) is 5.92 Å². The number of carbonyl (C=O) groups excluding carboxylic acids is 2. The summed E-state index contributed by atoms with van der Waals surface area (Å²) >= 11 is 3.25. The summed E-state index contributed by atoms with van der Waals surface area (Å²) in [4.78, 5) is 45.9. The number of aliphatic carboxylic acids is 1. The lowest BCUT2D eigenvalue weighted by Crippen LogP contribution is -2.39. The Morgan fingerprint density at radius 2 is 1.95 bits per heavy atom. The van der Waals surface area contributed by atoms with Gasteiger partial charge < -0.3 is 9.52 Å². The molecule has 0 spiro atoms. The molecule has 1 aromatic carbocycles. The minimum absolute atomic E-state index is 0.287. The van der Waals surface area contributed by atoms with Crippen molar-refractivity contribution in [3.05, 3.63) is 44.7 Å². The van der Waals surface area contributed by atoms with Crippen LogP contribution in [0.25, 0.3) is 11.0 Å². The van der Waals surface area contributed by atoms with E-state index < -0.39 is 29.3 Å². The fourth-order valence-electron chi connectivity index (χ4n) is 1.65. The Bertz CT molecular complexity index is 841. The summed E-state index contributed by atoms with van der Waals surface area (Å²) < 4.78 is 5.71. The van der Waals surface area contributed by atoms with Crippen LogP contribution in [0.2, 0.25) is 0 Å². The molecule has 1 atom stereocenters. The molecule has 0 fully saturated rings. The Hall–Kier alpha value is -2.48. The van der Waals surface area contributed by atoms with Gasteiger partial charge in [-0.25, -0.2) is 4.79 Å². The van der Waals surface area contributed by atoms with Crippen LogP contribution in [0.5, 0.6) is 0 Å². The van der Waals surface area contributed by atoms with Crippen molar-refractivity contribution in [1.29, 1.82) is 0 Å². The molecule has 0 saturated carbocycles. The molecule has 22 heavy (non-hydrogen) atoms. The first-order valence-corrected chi connectivity index (χ1v) is 6.90. The highest BCUT2D eigenvalue weighted by Crippen LogP contribution is 2.19. The van der Waals surface area contributed by atoms with Gasteiger partial charge in [0.25, 0.3) is 5.91 Å². The molecule has 0 bridgehead atoms. The van der Waals surface area contributed by atoms with Crippen molar-refractivity contribution in [3.8, 4) is 0 Å². The van der Waals surface area contributed by atoms with E-state index >= 15 is 0 Å². The number of benzene rings is 1. The molecule has 2 aromatic rings. The van der Waals surface area contributed by atoms with Crippen molar-refractivity contribution in [1.82, 2.24) is 5.32 Å². The number of carboxylic acids is 1. The van der Waals surface area contributed by atoms with E-state index in [0.717, 1.165) is 11.4 Å². The van der Waals surface area contributed by atoms with Crippen LogP contribution in [0.15, 0.2) is 37.9 Å². The van der Waals surface area contributed by atoms with E-state index in [1.165, 1.54) is 6.07 Å². The summed E-state index contributed by atoms with van der Waals surface area (Å²) in [6.45, 7) is 1.13. The van der Waals surface area contributed by atoms with Crippen molar-refractivity contribution in [2.45, 2.75) is 6.92 Å². The zero-order valence-electron chi connectivity index (χ0n) is 11.3.